The third-order valence-electron chi connectivity index (χ3n) is 3.31. The summed E-state index contributed by atoms with van der Waals surface area (Å²) < 4.78 is 12.8. The van der Waals surface area contributed by atoms with Crippen molar-refractivity contribution in [1.82, 2.24) is 4.90 Å². The van der Waals surface area contributed by atoms with E-state index in [9.17, 15) is 9.18 Å². The molecule has 1 amide bonds. The van der Waals surface area contributed by atoms with Crippen LogP contribution in [0.3, 0.4) is 0 Å². The quantitative estimate of drug-likeness (QED) is 0.866. The Morgan fingerprint density at radius 3 is 2.67 bits per heavy atom. The van der Waals surface area contributed by atoms with Crippen LogP contribution in [-0.4, -0.2) is 29.9 Å². The third kappa shape index (κ3) is 3.29. The Kier molecular flexibility index (Phi) is 3.97. The van der Waals surface area contributed by atoms with Gasteiger partial charge in [-0.2, -0.15) is 0 Å². The van der Waals surface area contributed by atoms with Gasteiger partial charge in [-0.25, -0.2) is 4.39 Å². The molecule has 1 aromatic rings. The molecule has 1 aliphatic rings. The Morgan fingerprint density at radius 1 is 1.39 bits per heavy atom. The summed E-state index contributed by atoms with van der Waals surface area (Å²) in [6.07, 6.45) is 1.29. The fourth-order valence-electron chi connectivity index (χ4n) is 2.49. The minimum Gasteiger partial charge on any atom is -0.341 e. The number of carbonyl (C=O) groups is 1. The molecule has 98 valence electrons. The van der Waals surface area contributed by atoms with Crippen molar-refractivity contribution >= 4 is 5.91 Å². The van der Waals surface area contributed by atoms with Crippen molar-refractivity contribution in [2.45, 2.75) is 25.8 Å². The number of nitrogens with zero attached hydrogens (tertiary/aromatic N) is 1. The number of rotatable bonds is 2. The number of hydrogen-bond acceptors (Lipinski definition) is 2. The van der Waals surface area contributed by atoms with Crippen LogP contribution in [0.25, 0.3) is 0 Å². The molecule has 1 heterocycles. The van der Waals surface area contributed by atoms with E-state index in [0.717, 1.165) is 18.5 Å². The van der Waals surface area contributed by atoms with E-state index >= 15 is 0 Å². The molecule has 2 unspecified atom stereocenters. The van der Waals surface area contributed by atoms with Crippen molar-refractivity contribution in [3.8, 4) is 0 Å². The molecule has 0 saturated carbocycles. The third-order valence-corrected chi connectivity index (χ3v) is 3.31. The van der Waals surface area contributed by atoms with Crippen LogP contribution >= 0.6 is 0 Å². The van der Waals surface area contributed by atoms with Crippen molar-refractivity contribution in [2.24, 2.45) is 11.7 Å². The van der Waals surface area contributed by atoms with Crippen molar-refractivity contribution < 1.29 is 9.18 Å². The number of likely N-dealkylation sites (tertiary alicyclic amines) is 1. The molecule has 0 aromatic heterocycles. The lowest BCUT2D eigenvalue weighted by Gasteiger charge is -2.34. The molecule has 0 bridgehead atoms. The highest BCUT2D eigenvalue weighted by Crippen LogP contribution is 2.16. The number of halogens is 1. The maximum absolute atomic E-state index is 12.8. The van der Waals surface area contributed by atoms with Gasteiger partial charge in [-0.1, -0.05) is 19.1 Å². The fraction of sp³-hybridized carbons (Fsp3) is 0.500. The normalized spacial score (nSPS) is 24.1. The van der Waals surface area contributed by atoms with Gasteiger partial charge in [0.2, 0.25) is 5.91 Å². The zero-order valence-electron chi connectivity index (χ0n) is 10.6. The van der Waals surface area contributed by atoms with Crippen molar-refractivity contribution in [2.75, 3.05) is 13.1 Å². The Balaban J connectivity index is 1.97. The zero-order chi connectivity index (χ0) is 13.1. The van der Waals surface area contributed by atoms with Gasteiger partial charge in [0.15, 0.2) is 0 Å². The molecule has 0 radical (unpaired) electrons. The number of carbonyl (C=O) groups excluding carboxylic acids is 1. The van der Waals surface area contributed by atoms with Crippen molar-refractivity contribution in [1.29, 1.82) is 0 Å². The molecule has 1 aromatic carbocycles. The molecule has 4 heteroatoms. The van der Waals surface area contributed by atoms with Crippen LogP contribution in [-0.2, 0) is 11.2 Å². The van der Waals surface area contributed by atoms with Crippen molar-refractivity contribution in [3.63, 3.8) is 0 Å². The van der Waals surface area contributed by atoms with Crippen LogP contribution < -0.4 is 5.73 Å². The van der Waals surface area contributed by atoms with Gasteiger partial charge >= 0.3 is 0 Å². The summed E-state index contributed by atoms with van der Waals surface area (Å²) in [6.45, 7) is 3.51. The van der Waals surface area contributed by atoms with Crippen LogP contribution in [0.1, 0.15) is 18.9 Å². The molecular weight excluding hydrogens is 231 g/mol. The minimum atomic E-state index is -0.278. The van der Waals surface area contributed by atoms with E-state index in [1.807, 2.05) is 4.90 Å². The standard InChI is InChI=1S/C14H19FN2O/c1-10-6-13(16)9-17(8-10)14(18)7-11-2-4-12(15)5-3-11/h2-5,10,13H,6-9,16H2,1H3. The highest BCUT2D eigenvalue weighted by Gasteiger charge is 2.25. The van der Waals surface area contributed by atoms with Gasteiger partial charge in [-0.05, 0) is 30.0 Å². The lowest BCUT2D eigenvalue weighted by molar-refractivity contribution is -0.132. The van der Waals surface area contributed by atoms with Crippen LogP contribution in [0.15, 0.2) is 24.3 Å². The maximum atomic E-state index is 12.8. The second-order valence-electron chi connectivity index (χ2n) is 5.20. The summed E-state index contributed by atoms with van der Waals surface area (Å²) in [5, 5.41) is 0. The first-order valence-corrected chi connectivity index (χ1v) is 6.32. The highest BCUT2D eigenvalue weighted by molar-refractivity contribution is 5.78. The summed E-state index contributed by atoms with van der Waals surface area (Å²) in [7, 11) is 0. The molecule has 18 heavy (non-hydrogen) atoms. The van der Waals surface area contributed by atoms with Gasteiger partial charge in [0.1, 0.15) is 5.82 Å². The molecule has 2 N–H and O–H groups in total. The first-order chi connectivity index (χ1) is 8.54. The molecule has 0 spiro atoms. The second-order valence-corrected chi connectivity index (χ2v) is 5.20. The first-order valence-electron chi connectivity index (χ1n) is 6.32. The maximum Gasteiger partial charge on any atom is 0.227 e. The van der Waals surface area contributed by atoms with Crippen LogP contribution in [0.5, 0.6) is 0 Å². The summed E-state index contributed by atoms with van der Waals surface area (Å²) in [4.78, 5) is 13.9. The van der Waals surface area contributed by atoms with Crippen LogP contribution in [0, 0.1) is 11.7 Å². The lowest BCUT2D eigenvalue weighted by atomic mass is 9.96. The van der Waals surface area contributed by atoms with E-state index in [0.29, 0.717) is 18.9 Å². The molecule has 0 aliphatic carbocycles. The van der Waals surface area contributed by atoms with Crippen LogP contribution in [0.2, 0.25) is 0 Å². The average Bonchev–Trinajstić information content (AvgIpc) is 2.31. The number of benzene rings is 1. The molecule has 1 fully saturated rings. The molecule has 3 nitrogen and oxygen atoms in total. The van der Waals surface area contributed by atoms with Gasteiger partial charge in [0.25, 0.3) is 0 Å². The van der Waals surface area contributed by atoms with E-state index in [1.165, 1.54) is 12.1 Å². The predicted octanol–water partition coefficient (Wildman–Crippen LogP) is 1.56. The van der Waals surface area contributed by atoms with Gasteiger partial charge in [0, 0.05) is 19.1 Å². The highest BCUT2D eigenvalue weighted by atomic mass is 19.1. The zero-order valence-corrected chi connectivity index (χ0v) is 10.6. The number of hydrogen-bond donors (Lipinski definition) is 1. The summed E-state index contributed by atoms with van der Waals surface area (Å²) in [5.74, 6) is 0.245. The molecular formula is C14H19FN2O. The first kappa shape index (κ1) is 13.0. The average molecular weight is 250 g/mol. The second kappa shape index (κ2) is 5.48. The van der Waals surface area contributed by atoms with E-state index in [-0.39, 0.29) is 17.8 Å². The Bertz CT molecular complexity index is 408. The van der Waals surface area contributed by atoms with E-state index in [4.69, 9.17) is 5.73 Å². The van der Waals surface area contributed by atoms with Crippen LogP contribution in [0.4, 0.5) is 4.39 Å². The minimum absolute atomic E-state index is 0.0728. The van der Waals surface area contributed by atoms with E-state index in [1.54, 1.807) is 12.1 Å². The Hall–Kier alpha value is -1.42. The summed E-state index contributed by atoms with van der Waals surface area (Å²) in [6, 6.07) is 6.15. The van der Waals surface area contributed by atoms with E-state index in [2.05, 4.69) is 6.92 Å². The molecule has 1 aliphatic heterocycles. The molecule has 2 atom stereocenters. The van der Waals surface area contributed by atoms with Gasteiger partial charge < -0.3 is 10.6 Å². The van der Waals surface area contributed by atoms with Gasteiger partial charge in [-0.3, -0.25) is 4.79 Å². The van der Waals surface area contributed by atoms with Gasteiger partial charge in [-0.15, -0.1) is 0 Å². The molecule has 1 saturated heterocycles. The number of piperidine rings is 1. The summed E-state index contributed by atoms with van der Waals surface area (Å²) >= 11 is 0. The lowest BCUT2D eigenvalue weighted by Crippen LogP contribution is -2.49. The van der Waals surface area contributed by atoms with Gasteiger partial charge in [0.05, 0.1) is 6.42 Å². The topological polar surface area (TPSA) is 46.3 Å². The SMILES string of the molecule is CC1CC(N)CN(C(=O)Cc2ccc(F)cc2)C1. The largest absolute Gasteiger partial charge is 0.341 e. The predicted molar refractivity (Wildman–Crippen MR) is 68.4 cm³/mol. The Labute approximate surface area is 107 Å². The van der Waals surface area contributed by atoms with Crippen molar-refractivity contribution in [3.05, 3.63) is 35.6 Å². The smallest absolute Gasteiger partial charge is 0.227 e. The van der Waals surface area contributed by atoms with E-state index < -0.39 is 0 Å². The fourth-order valence-corrected chi connectivity index (χ4v) is 2.49. The molecule has 2 rings (SSSR count). The number of amides is 1. The monoisotopic (exact) mass is 250 g/mol. The summed E-state index contributed by atoms with van der Waals surface area (Å²) in [5.41, 5.74) is 6.76. The Morgan fingerprint density at radius 2 is 2.06 bits per heavy atom. The number of nitrogens with two attached hydrogens (primary N) is 1.